The summed E-state index contributed by atoms with van der Waals surface area (Å²) in [4.78, 5) is 82.1. The average molecular weight is 1170 g/mol. The molecule has 2 saturated heterocycles. The van der Waals surface area contributed by atoms with Crippen molar-refractivity contribution in [3.05, 3.63) is 202 Å². The number of nitrogens with two attached hydrogens (primary N) is 1. The topological polar surface area (TPSA) is 219 Å². The molecule has 4 aliphatic rings. The van der Waals surface area contributed by atoms with Crippen LogP contribution < -0.4 is 25.3 Å². The number of amides is 5. The maximum atomic E-state index is 14.5. The smallest absolute Gasteiger partial charge is 0.415 e. The number of alkyl carbamates (subject to hydrolysis) is 1. The predicted octanol–water partition coefficient (Wildman–Crippen LogP) is 11.3. The second kappa shape index (κ2) is 24.9. The fourth-order valence-corrected chi connectivity index (χ4v) is 11.2. The highest BCUT2D eigenvalue weighted by molar-refractivity contribution is 6.10. The van der Waals surface area contributed by atoms with Crippen molar-refractivity contribution in [2.24, 2.45) is 5.73 Å². The number of phenols is 1. The summed E-state index contributed by atoms with van der Waals surface area (Å²) in [5.74, 6) is -0.952. The van der Waals surface area contributed by atoms with Crippen molar-refractivity contribution in [3.63, 3.8) is 0 Å². The van der Waals surface area contributed by atoms with Gasteiger partial charge in [0.25, 0.3) is 11.8 Å². The first-order valence-corrected chi connectivity index (χ1v) is 28.5. The van der Waals surface area contributed by atoms with E-state index in [1.54, 1.807) is 84.1 Å². The lowest BCUT2D eigenvalue weighted by atomic mass is 9.99. The SMILES string of the molecule is CC(C)(C)OC(=O)NC1CCN(C(=O)Oc2c3c(c(OC(c4ccccc4)c4ccccc4)c4ncccc24)C(=O)N(Cc2ccc(F)cc2)C3)CC1.NC1CCN(C(=O)Oc2c3c(c(O)c4ncccc24)C(=O)N(Cc2ccc(F)cc2)C3)CC1. The van der Waals surface area contributed by atoms with Crippen LogP contribution in [0.4, 0.5) is 23.2 Å². The Morgan fingerprint density at radius 2 is 1.07 bits per heavy atom. The maximum absolute atomic E-state index is 14.5. The van der Waals surface area contributed by atoms with Crippen LogP contribution in [0.2, 0.25) is 0 Å². The van der Waals surface area contributed by atoms with E-state index in [9.17, 15) is 37.9 Å². The van der Waals surface area contributed by atoms with E-state index in [-0.39, 0.29) is 95.4 Å². The third-order valence-electron chi connectivity index (χ3n) is 15.5. The van der Waals surface area contributed by atoms with Gasteiger partial charge in [0.15, 0.2) is 11.5 Å². The van der Waals surface area contributed by atoms with Gasteiger partial charge in [-0.2, -0.15) is 0 Å². The number of halogens is 2. The molecule has 20 heteroatoms. The molecule has 0 saturated carbocycles. The number of carbonyl (C=O) groups is 5. The normalized spacial score (nSPS) is 15.3. The zero-order chi connectivity index (χ0) is 60.2. The molecule has 6 aromatic carbocycles. The third kappa shape index (κ3) is 12.7. The maximum Gasteiger partial charge on any atom is 0.415 e. The molecular weight excluding hydrogens is 1100 g/mol. The molecule has 6 heterocycles. The zero-order valence-corrected chi connectivity index (χ0v) is 47.7. The summed E-state index contributed by atoms with van der Waals surface area (Å²) in [6.07, 6.45) is 3.36. The Balaban J connectivity index is 0.000000199. The van der Waals surface area contributed by atoms with E-state index < -0.39 is 35.9 Å². The monoisotopic (exact) mass is 1170 g/mol. The van der Waals surface area contributed by atoms with Crippen molar-refractivity contribution < 1.29 is 56.8 Å². The molecular formula is C66H64F2N8O10. The van der Waals surface area contributed by atoms with Crippen molar-refractivity contribution >= 4 is 51.9 Å². The average Bonchev–Trinajstić information content (AvgIpc) is 1.55. The van der Waals surface area contributed by atoms with E-state index in [4.69, 9.17) is 29.7 Å². The van der Waals surface area contributed by atoms with Crippen molar-refractivity contribution in [1.29, 1.82) is 0 Å². The van der Waals surface area contributed by atoms with Gasteiger partial charge in [-0.25, -0.2) is 23.2 Å². The van der Waals surface area contributed by atoms with Gasteiger partial charge in [-0.1, -0.05) is 84.9 Å². The van der Waals surface area contributed by atoms with Gasteiger partial charge < -0.3 is 54.7 Å². The molecule has 2 aromatic heterocycles. The number of aromatic nitrogens is 2. The van der Waals surface area contributed by atoms with Crippen LogP contribution in [0.1, 0.15) is 107 Å². The number of nitrogens with zero attached hydrogens (tertiary/aromatic N) is 6. The number of hydrogen-bond acceptors (Lipinski definition) is 13. The highest BCUT2D eigenvalue weighted by Crippen LogP contribution is 2.48. The Morgan fingerprint density at radius 1 is 0.616 bits per heavy atom. The summed E-state index contributed by atoms with van der Waals surface area (Å²) < 4.78 is 51.5. The van der Waals surface area contributed by atoms with E-state index in [2.05, 4.69) is 10.3 Å². The fraction of sp³-hybridized carbons (Fsp3) is 0.288. The number of ether oxygens (including phenoxy) is 4. The number of phenolic OH excluding ortho intramolecular Hbond substituents is 1. The number of rotatable bonds is 11. The molecule has 0 radical (unpaired) electrons. The highest BCUT2D eigenvalue weighted by Gasteiger charge is 2.40. The molecule has 12 rings (SSSR count). The minimum Gasteiger partial charge on any atom is -0.505 e. The summed E-state index contributed by atoms with van der Waals surface area (Å²) in [6, 6.07) is 38.2. The van der Waals surface area contributed by atoms with Gasteiger partial charge in [0.05, 0.1) is 24.2 Å². The number of aromatic hydroxyl groups is 1. The number of carbonyl (C=O) groups excluding carboxylic acids is 5. The van der Waals surface area contributed by atoms with E-state index in [1.165, 1.54) is 35.4 Å². The van der Waals surface area contributed by atoms with E-state index >= 15 is 0 Å². The minimum absolute atomic E-state index is 0.0645. The van der Waals surface area contributed by atoms with Crippen LogP contribution in [0.15, 0.2) is 146 Å². The second-order valence-electron chi connectivity index (χ2n) is 22.7. The Labute approximate surface area is 495 Å². The minimum atomic E-state index is -0.618. The molecule has 0 spiro atoms. The molecule has 0 unspecified atom stereocenters. The molecule has 8 aromatic rings. The van der Waals surface area contributed by atoms with Gasteiger partial charge in [-0.3, -0.25) is 19.6 Å². The first kappa shape index (κ1) is 58.1. The lowest BCUT2D eigenvalue weighted by Crippen LogP contribution is -2.48. The van der Waals surface area contributed by atoms with Crippen molar-refractivity contribution in [3.8, 4) is 23.0 Å². The van der Waals surface area contributed by atoms with Crippen LogP contribution in [0.5, 0.6) is 23.0 Å². The highest BCUT2D eigenvalue weighted by atomic mass is 19.1. The number of benzene rings is 6. The lowest BCUT2D eigenvalue weighted by Gasteiger charge is -2.32. The second-order valence-corrected chi connectivity index (χ2v) is 22.7. The molecule has 86 heavy (non-hydrogen) atoms. The van der Waals surface area contributed by atoms with Crippen molar-refractivity contribution in [2.75, 3.05) is 26.2 Å². The van der Waals surface area contributed by atoms with E-state index in [0.717, 1.165) is 22.3 Å². The fourth-order valence-electron chi connectivity index (χ4n) is 11.2. The van der Waals surface area contributed by atoms with Gasteiger partial charge in [0.2, 0.25) is 0 Å². The van der Waals surface area contributed by atoms with Crippen LogP contribution in [0.25, 0.3) is 21.8 Å². The van der Waals surface area contributed by atoms with Crippen LogP contribution in [-0.2, 0) is 30.9 Å². The predicted molar refractivity (Wildman–Crippen MR) is 315 cm³/mol. The first-order chi connectivity index (χ1) is 41.5. The van der Waals surface area contributed by atoms with Gasteiger partial charge in [-0.05, 0) is 117 Å². The standard InChI is InChI=1S/C42H41FN4O6.C24H23FN4O4/c1-42(2,3)53-40(49)45-31-20-23-46(24-21-31)41(50)52-37-32-15-10-22-44-35(32)38(51-36(28-11-6-4-7-12-28)29-13-8-5-9-14-29)34-33(37)26-47(39(34)48)25-27-16-18-30(43)19-17-27;25-15-5-3-14(4-6-15)12-29-13-18-19(23(29)31)21(30)20-17(2-1-9-27-20)22(18)33-24(32)28-10-7-16(26)8-11-28/h4-19,22,31,36H,20-21,23-26H2,1-3H3,(H,45,49);1-6,9,16,30H,7-8,10-13,26H2. The molecule has 0 atom stereocenters. The molecule has 4 aliphatic heterocycles. The number of nitrogens with one attached hydrogen (secondary N) is 1. The Morgan fingerprint density at radius 3 is 1.57 bits per heavy atom. The van der Waals surface area contributed by atoms with Gasteiger partial charge in [0.1, 0.15) is 45.9 Å². The number of likely N-dealkylation sites (tertiary alicyclic amines) is 2. The molecule has 18 nitrogen and oxygen atoms in total. The van der Waals surface area contributed by atoms with Gasteiger partial charge in [0, 0.05) is 85.6 Å². The van der Waals surface area contributed by atoms with Gasteiger partial charge >= 0.3 is 18.3 Å². The van der Waals surface area contributed by atoms with Gasteiger partial charge in [-0.15, -0.1) is 0 Å². The number of hydrogen-bond donors (Lipinski definition) is 3. The largest absolute Gasteiger partial charge is 0.505 e. The Kier molecular flexibility index (Phi) is 16.8. The molecule has 0 aliphatic carbocycles. The zero-order valence-electron chi connectivity index (χ0n) is 47.7. The van der Waals surface area contributed by atoms with Crippen molar-refractivity contribution in [2.45, 2.75) is 96.4 Å². The van der Waals surface area contributed by atoms with Crippen LogP contribution in [-0.4, -0.2) is 109 Å². The molecule has 442 valence electrons. The van der Waals surface area contributed by atoms with E-state index in [0.29, 0.717) is 79.3 Å². The number of pyridine rings is 2. The quantitative estimate of drug-likeness (QED) is 0.110. The Hall–Kier alpha value is -9.69. The lowest BCUT2D eigenvalue weighted by molar-refractivity contribution is 0.0481. The van der Waals surface area contributed by atoms with Crippen LogP contribution >= 0.6 is 0 Å². The van der Waals surface area contributed by atoms with E-state index in [1.807, 2.05) is 66.7 Å². The number of piperidine rings is 2. The molecule has 2 fully saturated rings. The summed E-state index contributed by atoms with van der Waals surface area (Å²) in [7, 11) is 0. The molecule has 0 bridgehead atoms. The summed E-state index contributed by atoms with van der Waals surface area (Å²) in [6.45, 7) is 7.78. The summed E-state index contributed by atoms with van der Waals surface area (Å²) >= 11 is 0. The summed E-state index contributed by atoms with van der Waals surface area (Å²) in [5.41, 5.74) is 10.4. The summed E-state index contributed by atoms with van der Waals surface area (Å²) in [5, 5.41) is 14.7. The van der Waals surface area contributed by atoms with Crippen LogP contribution in [0.3, 0.4) is 0 Å². The first-order valence-electron chi connectivity index (χ1n) is 28.5. The van der Waals surface area contributed by atoms with Crippen LogP contribution in [0, 0.1) is 11.6 Å². The molecule has 4 N–H and O–H groups in total. The number of fused-ring (bicyclic) bond motifs is 4. The van der Waals surface area contributed by atoms with Crippen molar-refractivity contribution in [1.82, 2.24) is 34.9 Å². The molecule has 5 amide bonds. The third-order valence-corrected chi connectivity index (χ3v) is 15.5. The Bertz CT molecular complexity index is 3800.